The molecule has 1 fully saturated rings. The Bertz CT molecular complexity index is 906. The van der Waals surface area contributed by atoms with Gasteiger partial charge in [0.05, 0.1) is 32.7 Å². The van der Waals surface area contributed by atoms with Crippen molar-refractivity contribution in [3.63, 3.8) is 0 Å². The molecule has 0 bridgehead atoms. The van der Waals surface area contributed by atoms with Gasteiger partial charge in [0.2, 0.25) is 5.91 Å². The second-order valence-electron chi connectivity index (χ2n) is 8.15. The van der Waals surface area contributed by atoms with E-state index in [2.05, 4.69) is 5.32 Å². The average Bonchev–Trinajstić information content (AvgIpc) is 2.79. The Morgan fingerprint density at radius 2 is 1.65 bits per heavy atom. The van der Waals surface area contributed by atoms with Gasteiger partial charge in [-0.2, -0.15) is 0 Å². The van der Waals surface area contributed by atoms with Gasteiger partial charge in [0, 0.05) is 18.3 Å². The van der Waals surface area contributed by atoms with Gasteiger partial charge in [0.1, 0.15) is 0 Å². The van der Waals surface area contributed by atoms with Crippen molar-refractivity contribution in [2.75, 3.05) is 45.1 Å². The molecule has 1 atom stereocenters. The van der Waals surface area contributed by atoms with Gasteiger partial charge in [-0.25, -0.2) is 0 Å². The maximum Gasteiger partial charge on any atom is 0.280 e. The minimum atomic E-state index is -0.272. The average molecular weight is 424 g/mol. The van der Waals surface area contributed by atoms with E-state index in [-0.39, 0.29) is 30.3 Å². The molecule has 164 valence electrons. The first-order chi connectivity index (χ1) is 14.8. The molecule has 7 heteroatoms. The van der Waals surface area contributed by atoms with Crippen molar-refractivity contribution < 1.29 is 19.3 Å². The van der Waals surface area contributed by atoms with E-state index in [1.165, 1.54) is 4.90 Å². The van der Waals surface area contributed by atoms with Crippen LogP contribution >= 0.6 is 0 Å². The summed E-state index contributed by atoms with van der Waals surface area (Å²) in [6.45, 7) is 6.50. The first-order valence-electron chi connectivity index (χ1n) is 10.7. The number of nitrogens with one attached hydrogen (secondary N) is 2. The molecule has 0 saturated carbocycles. The van der Waals surface area contributed by atoms with Crippen LogP contribution in [0.4, 0.5) is 5.69 Å². The van der Waals surface area contributed by atoms with Crippen molar-refractivity contribution in [2.24, 2.45) is 0 Å². The Labute approximate surface area is 183 Å². The molecule has 31 heavy (non-hydrogen) atoms. The molecular formula is C24H31N4O3+. The van der Waals surface area contributed by atoms with E-state index >= 15 is 0 Å². The first-order valence-corrected chi connectivity index (χ1v) is 10.7. The number of nitrogens with zero attached hydrogens (tertiary/aromatic N) is 2. The van der Waals surface area contributed by atoms with Gasteiger partial charge in [-0.15, -0.1) is 0 Å². The Kier molecular flexibility index (Phi) is 7.41. The second-order valence-corrected chi connectivity index (χ2v) is 8.15. The fourth-order valence-electron chi connectivity index (χ4n) is 3.83. The standard InChI is InChI=1S/C24H30N4O3/c1-18-9-11-21(12-10-18)25-22(29)17-26(3)23(30)19(2)27-13-15-28(16-14-27)24(31)20-7-5-4-6-8-20/h4-12,19H,13-17H2,1-3H3,(H,25,29)/p+1/t19-/m1/s1. The molecule has 7 nitrogen and oxygen atoms in total. The zero-order chi connectivity index (χ0) is 22.4. The van der Waals surface area contributed by atoms with Crippen LogP contribution < -0.4 is 10.2 Å². The molecule has 0 unspecified atom stereocenters. The fourth-order valence-corrected chi connectivity index (χ4v) is 3.83. The number of piperazine rings is 1. The van der Waals surface area contributed by atoms with Gasteiger partial charge < -0.3 is 20.0 Å². The minimum Gasteiger partial charge on any atom is -0.331 e. The number of hydrogen-bond acceptors (Lipinski definition) is 3. The number of aryl methyl sites for hydroxylation is 1. The topological polar surface area (TPSA) is 74.2 Å². The lowest BCUT2D eigenvalue weighted by Crippen LogP contribution is -3.19. The summed E-state index contributed by atoms with van der Waals surface area (Å²) < 4.78 is 0. The third-order valence-corrected chi connectivity index (χ3v) is 5.79. The summed E-state index contributed by atoms with van der Waals surface area (Å²) in [5.41, 5.74) is 2.52. The van der Waals surface area contributed by atoms with Gasteiger partial charge >= 0.3 is 0 Å². The van der Waals surface area contributed by atoms with Gasteiger partial charge in [0.25, 0.3) is 11.8 Å². The summed E-state index contributed by atoms with van der Waals surface area (Å²) in [5.74, 6) is -0.263. The number of quaternary nitrogens is 1. The van der Waals surface area contributed by atoms with E-state index in [1.54, 1.807) is 7.05 Å². The molecule has 0 spiro atoms. The van der Waals surface area contributed by atoms with Crippen LogP contribution in [0.5, 0.6) is 0 Å². The molecule has 3 amide bonds. The van der Waals surface area contributed by atoms with Crippen LogP contribution in [0.15, 0.2) is 54.6 Å². The number of carbonyl (C=O) groups is 3. The highest BCUT2D eigenvalue weighted by atomic mass is 16.2. The lowest BCUT2D eigenvalue weighted by Gasteiger charge is -2.35. The predicted molar refractivity (Wildman–Crippen MR) is 120 cm³/mol. The van der Waals surface area contributed by atoms with Gasteiger partial charge in [0.15, 0.2) is 6.04 Å². The predicted octanol–water partition coefficient (Wildman–Crippen LogP) is 0.821. The highest BCUT2D eigenvalue weighted by Crippen LogP contribution is 2.09. The summed E-state index contributed by atoms with van der Waals surface area (Å²) in [5, 5.41) is 2.82. The van der Waals surface area contributed by atoms with Crippen LogP contribution in [0.3, 0.4) is 0 Å². The Morgan fingerprint density at radius 1 is 1.03 bits per heavy atom. The van der Waals surface area contributed by atoms with Crippen LogP contribution in [-0.2, 0) is 9.59 Å². The van der Waals surface area contributed by atoms with E-state index in [0.717, 1.165) is 10.5 Å². The van der Waals surface area contributed by atoms with E-state index < -0.39 is 0 Å². The van der Waals surface area contributed by atoms with E-state index in [1.807, 2.05) is 73.3 Å². The molecule has 0 aliphatic carbocycles. The smallest absolute Gasteiger partial charge is 0.280 e. The molecule has 0 radical (unpaired) electrons. The lowest BCUT2D eigenvalue weighted by atomic mass is 10.1. The van der Waals surface area contributed by atoms with Crippen LogP contribution in [0, 0.1) is 6.92 Å². The van der Waals surface area contributed by atoms with Crippen LogP contribution in [0.25, 0.3) is 0 Å². The zero-order valence-corrected chi connectivity index (χ0v) is 18.4. The van der Waals surface area contributed by atoms with Crippen molar-refractivity contribution >= 4 is 23.4 Å². The van der Waals surface area contributed by atoms with Crippen molar-refractivity contribution in [1.82, 2.24) is 9.80 Å². The minimum absolute atomic E-state index is 0.00292. The van der Waals surface area contributed by atoms with Gasteiger partial charge in [-0.05, 0) is 38.1 Å². The van der Waals surface area contributed by atoms with Gasteiger partial charge in [-0.1, -0.05) is 35.9 Å². The summed E-state index contributed by atoms with van der Waals surface area (Å²) in [6.07, 6.45) is 0. The Morgan fingerprint density at radius 3 is 2.26 bits per heavy atom. The third kappa shape index (κ3) is 5.92. The van der Waals surface area contributed by atoms with E-state index in [4.69, 9.17) is 0 Å². The summed E-state index contributed by atoms with van der Waals surface area (Å²) in [7, 11) is 1.65. The number of anilines is 1. The van der Waals surface area contributed by atoms with Gasteiger partial charge in [-0.3, -0.25) is 14.4 Å². The second kappa shape index (κ2) is 10.2. The van der Waals surface area contributed by atoms with Crippen molar-refractivity contribution in [3.8, 4) is 0 Å². The molecule has 1 aliphatic rings. The Balaban J connectivity index is 1.47. The number of likely N-dealkylation sites (N-methyl/N-ethyl adjacent to an activating group) is 1. The molecule has 3 rings (SSSR count). The Hall–Kier alpha value is -3.19. The molecule has 1 saturated heterocycles. The quantitative estimate of drug-likeness (QED) is 0.723. The van der Waals surface area contributed by atoms with E-state index in [0.29, 0.717) is 37.4 Å². The normalized spacial score (nSPS) is 15.3. The third-order valence-electron chi connectivity index (χ3n) is 5.79. The van der Waals surface area contributed by atoms with Crippen LogP contribution in [-0.4, -0.2) is 73.3 Å². The van der Waals surface area contributed by atoms with Crippen LogP contribution in [0.2, 0.25) is 0 Å². The molecular weight excluding hydrogens is 392 g/mol. The SMILES string of the molecule is Cc1ccc(NC(=O)CN(C)C(=O)[C@@H](C)[NH+]2CCN(C(=O)c3ccccc3)CC2)cc1. The summed E-state index contributed by atoms with van der Waals surface area (Å²) in [4.78, 5) is 42.2. The highest BCUT2D eigenvalue weighted by Gasteiger charge is 2.33. The van der Waals surface area contributed by atoms with Crippen molar-refractivity contribution in [2.45, 2.75) is 19.9 Å². The first kappa shape index (κ1) is 22.5. The van der Waals surface area contributed by atoms with Crippen molar-refractivity contribution in [3.05, 3.63) is 65.7 Å². The lowest BCUT2D eigenvalue weighted by molar-refractivity contribution is -0.918. The fraction of sp³-hybridized carbons (Fsp3) is 0.375. The number of rotatable bonds is 6. The van der Waals surface area contributed by atoms with Crippen LogP contribution in [0.1, 0.15) is 22.8 Å². The molecule has 2 aromatic carbocycles. The molecule has 0 aromatic heterocycles. The zero-order valence-electron chi connectivity index (χ0n) is 18.4. The maximum atomic E-state index is 12.9. The molecule has 1 heterocycles. The largest absolute Gasteiger partial charge is 0.331 e. The number of benzene rings is 2. The maximum absolute atomic E-state index is 12.9. The number of amides is 3. The molecule has 2 aromatic rings. The summed E-state index contributed by atoms with van der Waals surface area (Å²) in [6, 6.07) is 16.5. The number of carbonyl (C=O) groups excluding carboxylic acids is 3. The molecule has 1 aliphatic heterocycles. The van der Waals surface area contributed by atoms with Crippen molar-refractivity contribution in [1.29, 1.82) is 0 Å². The van der Waals surface area contributed by atoms with E-state index in [9.17, 15) is 14.4 Å². The summed E-state index contributed by atoms with van der Waals surface area (Å²) >= 11 is 0. The monoisotopic (exact) mass is 423 g/mol. The highest BCUT2D eigenvalue weighted by molar-refractivity contribution is 5.95. The molecule has 2 N–H and O–H groups in total. The number of hydrogen-bond donors (Lipinski definition) is 2.